The Morgan fingerprint density at radius 2 is 1.13 bits per heavy atom. The molecule has 0 saturated heterocycles. The van der Waals surface area contributed by atoms with E-state index in [0.29, 0.717) is 23.7 Å². The van der Waals surface area contributed by atoms with Gasteiger partial charge in [0.15, 0.2) is 0 Å². The molecule has 3 unspecified atom stereocenters. The third-order valence-electron chi connectivity index (χ3n) is 8.35. The second-order valence-electron chi connectivity index (χ2n) is 11.0. The Labute approximate surface area is 243 Å². The van der Waals surface area contributed by atoms with E-state index in [1.54, 1.807) is 47.0 Å². The Kier molecular flexibility index (Phi) is 5.05. The Morgan fingerprint density at radius 3 is 1.64 bits per heavy atom. The smallest absolute Gasteiger partial charge is 0.135 e. The first-order valence-corrected chi connectivity index (χ1v) is 16.5. The number of aromatic nitrogens is 4. The van der Waals surface area contributed by atoms with Crippen LogP contribution in [0.5, 0.6) is 0 Å². The van der Waals surface area contributed by atoms with Gasteiger partial charge in [0.2, 0.25) is 0 Å². The lowest BCUT2D eigenvalue weighted by Crippen LogP contribution is -2.29. The van der Waals surface area contributed by atoms with Gasteiger partial charge in [-0.15, -0.1) is 0 Å². The lowest BCUT2D eigenvalue weighted by molar-refractivity contribution is 0.287. The second-order valence-corrected chi connectivity index (χ2v) is 15.5. The van der Waals surface area contributed by atoms with Gasteiger partial charge in [-0.1, -0.05) is 97.3 Å². The van der Waals surface area contributed by atoms with Gasteiger partial charge in [-0.25, -0.2) is 19.9 Å². The summed E-state index contributed by atoms with van der Waals surface area (Å²) in [7, 11) is 0. The van der Waals surface area contributed by atoms with Gasteiger partial charge >= 0.3 is 0 Å². The molecule has 5 aromatic rings. The molecule has 2 bridgehead atoms. The molecule has 39 heavy (non-hydrogen) atoms. The van der Waals surface area contributed by atoms with Crippen LogP contribution in [0.1, 0.15) is 43.2 Å². The van der Waals surface area contributed by atoms with Gasteiger partial charge in [0.25, 0.3) is 0 Å². The molecule has 3 atom stereocenters. The summed E-state index contributed by atoms with van der Waals surface area (Å²) in [5.41, 5.74) is 6.87. The molecule has 3 aliphatic carbocycles. The molecule has 0 amide bonds. The highest BCUT2D eigenvalue weighted by Crippen LogP contribution is 2.60. The molecule has 4 nitrogen and oxygen atoms in total. The molecule has 10 rings (SSSR count). The molecule has 0 fully saturated rings. The van der Waals surface area contributed by atoms with Crippen LogP contribution in [0.3, 0.4) is 0 Å². The molecule has 3 aromatic carbocycles. The van der Waals surface area contributed by atoms with Gasteiger partial charge in [-0.05, 0) is 64.4 Å². The zero-order chi connectivity index (χ0) is 25.8. The van der Waals surface area contributed by atoms with E-state index < -0.39 is 0 Å². The minimum atomic E-state index is 0.502. The molecule has 2 aliphatic heterocycles. The van der Waals surface area contributed by atoms with E-state index in [9.17, 15) is 0 Å². The Hall–Kier alpha value is -2.52. The average Bonchev–Trinajstić information content (AvgIpc) is 3.56. The second kappa shape index (κ2) is 8.49. The van der Waals surface area contributed by atoms with Crippen LogP contribution in [-0.4, -0.2) is 19.9 Å². The van der Waals surface area contributed by atoms with Crippen molar-refractivity contribution in [2.45, 2.75) is 52.2 Å². The highest BCUT2D eigenvalue weighted by atomic mass is 32.2. The van der Waals surface area contributed by atoms with Crippen LogP contribution in [0.4, 0.5) is 0 Å². The zero-order valence-corrected chi connectivity index (χ0v) is 24.5. The Morgan fingerprint density at radius 1 is 0.641 bits per heavy atom. The number of rotatable bonds is 1. The maximum Gasteiger partial charge on any atom is 0.135 e. The molecule has 2 aromatic heterocycles. The molecule has 5 aliphatic rings. The average molecular weight is 579 g/mol. The number of allylic oxidation sites excluding steroid dienone is 2. The first-order chi connectivity index (χ1) is 19.1. The quantitative estimate of drug-likeness (QED) is 0.144. The highest BCUT2D eigenvalue weighted by Gasteiger charge is 2.38. The van der Waals surface area contributed by atoms with E-state index in [1.807, 2.05) is 0 Å². The molecule has 0 saturated carbocycles. The minimum absolute atomic E-state index is 0.502. The summed E-state index contributed by atoms with van der Waals surface area (Å²) in [6.07, 6.45) is 6.12. The summed E-state index contributed by atoms with van der Waals surface area (Å²) in [5, 5.41) is 6.40. The van der Waals surface area contributed by atoms with Gasteiger partial charge in [0, 0.05) is 11.8 Å². The molecule has 4 heterocycles. The summed E-state index contributed by atoms with van der Waals surface area (Å²) in [5.74, 6) is 2.41. The van der Waals surface area contributed by atoms with E-state index in [-0.39, 0.29) is 0 Å². The Balaban J connectivity index is 1.07. The van der Waals surface area contributed by atoms with Crippen molar-refractivity contribution in [3.05, 3.63) is 80.3 Å². The van der Waals surface area contributed by atoms with Gasteiger partial charge in [0.1, 0.15) is 20.1 Å². The van der Waals surface area contributed by atoms with Crippen molar-refractivity contribution in [2.24, 2.45) is 11.8 Å². The summed E-state index contributed by atoms with van der Waals surface area (Å²) in [4.78, 5) is 20.2. The number of thioether (sulfide) groups is 4. The van der Waals surface area contributed by atoms with Gasteiger partial charge in [-0.2, -0.15) is 0 Å². The van der Waals surface area contributed by atoms with Crippen molar-refractivity contribution in [3.8, 4) is 0 Å². The van der Waals surface area contributed by atoms with E-state index in [4.69, 9.17) is 19.9 Å². The van der Waals surface area contributed by atoms with E-state index in [1.165, 1.54) is 36.8 Å². The highest BCUT2D eigenvalue weighted by molar-refractivity contribution is 8.30. The fourth-order valence-electron chi connectivity index (χ4n) is 6.41. The van der Waals surface area contributed by atoms with Gasteiger partial charge in [-0.3, -0.25) is 0 Å². The third-order valence-corrected chi connectivity index (χ3v) is 13.6. The number of nitrogens with zero attached hydrogens (tertiary/aromatic N) is 4. The van der Waals surface area contributed by atoms with Crippen molar-refractivity contribution in [2.75, 3.05) is 0 Å². The molecule has 190 valence electrons. The van der Waals surface area contributed by atoms with E-state index in [0.717, 1.165) is 42.2 Å². The first kappa shape index (κ1) is 23.2. The van der Waals surface area contributed by atoms with Crippen molar-refractivity contribution < 1.29 is 0 Å². The van der Waals surface area contributed by atoms with Crippen LogP contribution in [0.2, 0.25) is 0 Å². The standard InChI is InChI=1S/C31H22N4S4/c1-14(2)19-9-17-7-8-18(19)21-13-25-24(12-20(17)21)34-28-29(35-25)39-31(38-28)30-36-26-27(37-30)33-23-11-16-6-4-3-5-15(16)10-22(23)32-26/h3-8,10-14,17-19H,9H2,1-2H3. The van der Waals surface area contributed by atoms with Crippen molar-refractivity contribution in [1.29, 1.82) is 0 Å². The van der Waals surface area contributed by atoms with Crippen LogP contribution < -0.4 is 0 Å². The maximum absolute atomic E-state index is 5.14. The predicted octanol–water partition coefficient (Wildman–Crippen LogP) is 9.36. The van der Waals surface area contributed by atoms with Crippen LogP contribution in [0, 0.1) is 11.8 Å². The van der Waals surface area contributed by atoms with Gasteiger partial charge in [0.05, 0.1) is 30.5 Å². The van der Waals surface area contributed by atoms with Crippen LogP contribution in [-0.2, 0) is 0 Å². The lowest BCUT2D eigenvalue weighted by Gasteiger charge is -2.42. The van der Waals surface area contributed by atoms with Crippen molar-refractivity contribution in [1.82, 2.24) is 19.9 Å². The molecule has 0 radical (unpaired) electrons. The molecule has 8 heteroatoms. The molecule has 0 spiro atoms. The van der Waals surface area contributed by atoms with E-state index >= 15 is 0 Å². The fraction of sp³-hybridized carbons (Fsp3) is 0.226. The predicted molar refractivity (Wildman–Crippen MR) is 165 cm³/mol. The fourth-order valence-corrected chi connectivity index (χ4v) is 11.3. The van der Waals surface area contributed by atoms with Crippen molar-refractivity contribution in [3.63, 3.8) is 0 Å². The van der Waals surface area contributed by atoms with Crippen LogP contribution in [0.25, 0.3) is 32.8 Å². The molecule has 0 N–H and O–H groups in total. The Bertz CT molecular complexity index is 1900. The summed E-state index contributed by atoms with van der Waals surface area (Å²) >= 11 is 6.93. The number of fused-ring (bicyclic) bond motifs is 6. The SMILES string of the molecule is CC(C)C1CC2C=CC1c1cc3nc4c(nc3cc12)SC(=C1Sc2nc3cc5ccccc5cc3nc2S1)S4. The number of hydrogen-bond donors (Lipinski definition) is 0. The normalized spacial score (nSPS) is 22.9. The lowest BCUT2D eigenvalue weighted by atomic mass is 9.62. The largest absolute Gasteiger partial charge is 0.237 e. The summed E-state index contributed by atoms with van der Waals surface area (Å²) in [6.45, 7) is 4.73. The summed E-state index contributed by atoms with van der Waals surface area (Å²) in [6, 6.07) is 17.4. The topological polar surface area (TPSA) is 51.6 Å². The minimum Gasteiger partial charge on any atom is -0.237 e. The van der Waals surface area contributed by atoms with E-state index in [2.05, 4.69) is 74.5 Å². The number of benzene rings is 3. The molecular formula is C31H22N4S4. The molecular weight excluding hydrogens is 557 g/mol. The first-order valence-electron chi connectivity index (χ1n) is 13.3. The zero-order valence-electron chi connectivity index (χ0n) is 21.2. The van der Waals surface area contributed by atoms with Gasteiger partial charge < -0.3 is 0 Å². The van der Waals surface area contributed by atoms with Crippen LogP contribution in [0.15, 0.2) is 89.3 Å². The number of hydrogen-bond acceptors (Lipinski definition) is 8. The maximum atomic E-state index is 5.14. The third kappa shape index (κ3) is 3.57. The summed E-state index contributed by atoms with van der Waals surface area (Å²) < 4.78 is 2.46. The van der Waals surface area contributed by atoms with Crippen molar-refractivity contribution >= 4 is 79.9 Å². The monoisotopic (exact) mass is 578 g/mol. The van der Waals surface area contributed by atoms with Crippen LogP contribution >= 0.6 is 47.0 Å².